The van der Waals surface area contributed by atoms with Crippen molar-refractivity contribution in [2.75, 3.05) is 20.2 Å². The summed E-state index contributed by atoms with van der Waals surface area (Å²) in [6.07, 6.45) is 0.791. The molecule has 0 radical (unpaired) electrons. The first kappa shape index (κ1) is 19.9. The van der Waals surface area contributed by atoms with E-state index in [4.69, 9.17) is 5.73 Å². The molecule has 1 aromatic carbocycles. The lowest BCUT2D eigenvalue weighted by molar-refractivity contribution is 0.0600. The smallest absolute Gasteiger partial charge is 0.337 e. The first-order valence-electron chi connectivity index (χ1n) is 7.24. The number of hydrogen-bond acceptors (Lipinski definition) is 5. The van der Waals surface area contributed by atoms with Gasteiger partial charge in [0, 0.05) is 19.1 Å². The standard InChI is InChI=1S/C15H22N2O4S.ClH/c1-11(16)14-6-7-17(9-14)22(19,20)10-12-4-3-5-13(8-12)15(18)21-2;/h3-5,8,11,14H,6-7,9-10,16H2,1-2H3;1H. The van der Waals surface area contributed by atoms with Gasteiger partial charge in [-0.15, -0.1) is 12.4 Å². The van der Waals surface area contributed by atoms with Crippen LogP contribution in [0.1, 0.15) is 29.3 Å². The second kappa shape index (κ2) is 8.10. The second-order valence-electron chi connectivity index (χ2n) is 5.71. The van der Waals surface area contributed by atoms with Crippen molar-refractivity contribution in [1.29, 1.82) is 0 Å². The van der Waals surface area contributed by atoms with Gasteiger partial charge in [-0.3, -0.25) is 0 Å². The van der Waals surface area contributed by atoms with Gasteiger partial charge >= 0.3 is 5.97 Å². The van der Waals surface area contributed by atoms with Crippen LogP contribution in [0.15, 0.2) is 24.3 Å². The Kier molecular flexibility index (Phi) is 7.01. The zero-order chi connectivity index (χ0) is 16.3. The highest BCUT2D eigenvalue weighted by atomic mass is 35.5. The molecule has 1 aliphatic rings. The molecule has 0 aliphatic carbocycles. The highest BCUT2D eigenvalue weighted by Crippen LogP contribution is 2.23. The Hall–Kier alpha value is -1.15. The van der Waals surface area contributed by atoms with E-state index >= 15 is 0 Å². The third-order valence-electron chi connectivity index (χ3n) is 4.02. The van der Waals surface area contributed by atoms with Crippen LogP contribution in [-0.2, 0) is 20.5 Å². The van der Waals surface area contributed by atoms with Crippen molar-refractivity contribution in [3.05, 3.63) is 35.4 Å². The highest BCUT2D eigenvalue weighted by Gasteiger charge is 2.32. The molecule has 23 heavy (non-hydrogen) atoms. The number of ether oxygens (including phenoxy) is 1. The molecule has 0 aromatic heterocycles. The van der Waals surface area contributed by atoms with Crippen LogP contribution in [-0.4, -0.2) is 44.9 Å². The van der Waals surface area contributed by atoms with E-state index in [0.717, 1.165) is 6.42 Å². The third-order valence-corrected chi connectivity index (χ3v) is 5.84. The Bertz CT molecular complexity index is 649. The molecule has 1 saturated heterocycles. The van der Waals surface area contributed by atoms with Gasteiger partial charge in [0.25, 0.3) is 0 Å². The monoisotopic (exact) mass is 362 g/mol. The lowest BCUT2D eigenvalue weighted by Crippen LogP contribution is -2.33. The summed E-state index contributed by atoms with van der Waals surface area (Å²) in [6.45, 7) is 2.88. The van der Waals surface area contributed by atoms with E-state index in [1.165, 1.54) is 11.4 Å². The predicted octanol–water partition coefficient (Wildman–Crippen LogP) is 1.39. The van der Waals surface area contributed by atoms with E-state index in [2.05, 4.69) is 4.74 Å². The van der Waals surface area contributed by atoms with E-state index < -0.39 is 16.0 Å². The zero-order valence-corrected chi connectivity index (χ0v) is 14.9. The molecule has 2 atom stereocenters. The summed E-state index contributed by atoms with van der Waals surface area (Å²) < 4.78 is 31.1. The molecule has 1 aromatic rings. The van der Waals surface area contributed by atoms with Gasteiger partial charge < -0.3 is 10.5 Å². The Balaban J connectivity index is 0.00000264. The van der Waals surface area contributed by atoms with Crippen LogP contribution < -0.4 is 5.73 Å². The lowest BCUT2D eigenvalue weighted by Gasteiger charge is -2.18. The number of nitrogens with two attached hydrogens (primary N) is 1. The average Bonchev–Trinajstić information content (AvgIpc) is 2.97. The van der Waals surface area contributed by atoms with Crippen LogP contribution in [0.2, 0.25) is 0 Å². The number of esters is 1. The Morgan fingerprint density at radius 1 is 1.48 bits per heavy atom. The molecule has 2 unspecified atom stereocenters. The normalized spacial score (nSPS) is 19.9. The van der Waals surface area contributed by atoms with E-state index in [1.54, 1.807) is 24.3 Å². The van der Waals surface area contributed by atoms with Crippen molar-refractivity contribution in [1.82, 2.24) is 4.31 Å². The van der Waals surface area contributed by atoms with Crippen molar-refractivity contribution in [3.63, 3.8) is 0 Å². The van der Waals surface area contributed by atoms with Gasteiger partial charge in [-0.2, -0.15) is 0 Å². The average molecular weight is 363 g/mol. The highest BCUT2D eigenvalue weighted by molar-refractivity contribution is 7.88. The van der Waals surface area contributed by atoms with Crippen LogP contribution in [0.3, 0.4) is 0 Å². The molecular formula is C15H23ClN2O4S. The summed E-state index contributed by atoms with van der Waals surface area (Å²) in [6, 6.07) is 6.50. The van der Waals surface area contributed by atoms with Crippen molar-refractivity contribution in [2.24, 2.45) is 11.7 Å². The van der Waals surface area contributed by atoms with E-state index in [-0.39, 0.29) is 30.1 Å². The maximum atomic E-state index is 12.5. The number of halogens is 1. The van der Waals surface area contributed by atoms with Gasteiger partial charge in [0.05, 0.1) is 18.4 Å². The number of hydrogen-bond donors (Lipinski definition) is 1. The molecule has 0 spiro atoms. The largest absolute Gasteiger partial charge is 0.465 e. The summed E-state index contributed by atoms with van der Waals surface area (Å²) in [5.74, 6) is -0.391. The third kappa shape index (κ3) is 4.91. The summed E-state index contributed by atoms with van der Waals surface area (Å²) in [4.78, 5) is 11.5. The zero-order valence-electron chi connectivity index (χ0n) is 13.3. The molecule has 2 rings (SSSR count). The fourth-order valence-corrected chi connectivity index (χ4v) is 4.23. The Labute approximate surface area is 143 Å². The number of benzene rings is 1. The van der Waals surface area contributed by atoms with Crippen LogP contribution >= 0.6 is 12.4 Å². The van der Waals surface area contributed by atoms with Gasteiger partial charge in [0.15, 0.2) is 0 Å². The van der Waals surface area contributed by atoms with Gasteiger partial charge in [-0.25, -0.2) is 17.5 Å². The molecule has 8 heteroatoms. The maximum absolute atomic E-state index is 12.5. The molecule has 130 valence electrons. The molecule has 0 bridgehead atoms. The van der Waals surface area contributed by atoms with E-state index in [9.17, 15) is 13.2 Å². The quantitative estimate of drug-likeness (QED) is 0.799. The first-order chi connectivity index (χ1) is 10.3. The van der Waals surface area contributed by atoms with Crippen LogP contribution in [0, 0.1) is 5.92 Å². The van der Waals surface area contributed by atoms with Crippen LogP contribution in [0.25, 0.3) is 0 Å². The molecule has 1 heterocycles. The first-order valence-corrected chi connectivity index (χ1v) is 8.85. The van der Waals surface area contributed by atoms with E-state index in [1.807, 2.05) is 6.92 Å². The number of carbonyl (C=O) groups excluding carboxylic acids is 1. The van der Waals surface area contributed by atoms with E-state index in [0.29, 0.717) is 24.2 Å². The van der Waals surface area contributed by atoms with Gasteiger partial charge in [0.1, 0.15) is 0 Å². The minimum atomic E-state index is -3.40. The molecular weight excluding hydrogens is 340 g/mol. The number of methoxy groups -OCH3 is 1. The van der Waals surface area contributed by atoms with Crippen molar-refractivity contribution >= 4 is 28.4 Å². The molecule has 2 N–H and O–H groups in total. The minimum Gasteiger partial charge on any atom is -0.465 e. The molecule has 0 saturated carbocycles. The van der Waals surface area contributed by atoms with Crippen molar-refractivity contribution in [3.8, 4) is 0 Å². The van der Waals surface area contributed by atoms with Gasteiger partial charge in [-0.05, 0) is 37.0 Å². The number of carbonyl (C=O) groups is 1. The lowest BCUT2D eigenvalue weighted by atomic mass is 10.0. The number of rotatable bonds is 5. The fraction of sp³-hybridized carbons (Fsp3) is 0.533. The fourth-order valence-electron chi connectivity index (χ4n) is 2.64. The van der Waals surface area contributed by atoms with Crippen LogP contribution in [0.4, 0.5) is 0 Å². The molecule has 6 nitrogen and oxygen atoms in total. The SMILES string of the molecule is COC(=O)c1cccc(CS(=O)(=O)N2CCC(C(C)N)C2)c1.Cl. The molecule has 1 fully saturated rings. The summed E-state index contributed by atoms with van der Waals surface area (Å²) in [7, 11) is -2.11. The summed E-state index contributed by atoms with van der Waals surface area (Å²) >= 11 is 0. The number of sulfonamides is 1. The van der Waals surface area contributed by atoms with Crippen molar-refractivity contribution < 1.29 is 17.9 Å². The predicted molar refractivity (Wildman–Crippen MR) is 91.0 cm³/mol. The maximum Gasteiger partial charge on any atom is 0.337 e. The van der Waals surface area contributed by atoms with Crippen LogP contribution in [0.5, 0.6) is 0 Å². The molecule has 0 amide bonds. The van der Waals surface area contributed by atoms with Crippen molar-refractivity contribution in [2.45, 2.75) is 25.1 Å². The molecule has 1 aliphatic heterocycles. The Morgan fingerprint density at radius 3 is 2.74 bits per heavy atom. The Morgan fingerprint density at radius 2 is 2.17 bits per heavy atom. The second-order valence-corrected chi connectivity index (χ2v) is 7.68. The van der Waals surface area contributed by atoms with Gasteiger partial charge in [-0.1, -0.05) is 12.1 Å². The minimum absolute atomic E-state index is 0. The summed E-state index contributed by atoms with van der Waals surface area (Å²) in [5.41, 5.74) is 6.78. The van der Waals surface area contributed by atoms with Gasteiger partial charge in [0.2, 0.25) is 10.0 Å². The topological polar surface area (TPSA) is 89.7 Å². The summed E-state index contributed by atoms with van der Waals surface area (Å²) in [5, 5.41) is 0. The number of nitrogens with zero attached hydrogens (tertiary/aromatic N) is 1.